The predicted molar refractivity (Wildman–Crippen MR) is 111 cm³/mol. The van der Waals surface area contributed by atoms with Gasteiger partial charge in [0.1, 0.15) is 5.92 Å². The average molecular weight is 456 g/mol. The van der Waals surface area contributed by atoms with Crippen LogP contribution in [0, 0.1) is 5.92 Å². The molecule has 6 nitrogen and oxygen atoms in total. The number of nitrogens with zero attached hydrogens (tertiary/aromatic N) is 3. The topological polar surface area (TPSA) is 62.7 Å². The molecule has 0 N–H and O–H groups in total. The van der Waals surface area contributed by atoms with Gasteiger partial charge < -0.3 is 0 Å². The van der Waals surface area contributed by atoms with Crippen LogP contribution in [0.15, 0.2) is 53.3 Å². The van der Waals surface area contributed by atoms with E-state index in [0.29, 0.717) is 0 Å². The summed E-state index contributed by atoms with van der Waals surface area (Å²) in [6, 6.07) is 11.1. The van der Waals surface area contributed by atoms with Gasteiger partial charge in [0.2, 0.25) is 5.91 Å². The quantitative estimate of drug-likeness (QED) is 0.653. The number of fused-ring (bicyclic) bond motifs is 1. The molecule has 2 saturated heterocycles. The van der Waals surface area contributed by atoms with Crippen LogP contribution in [0.5, 0.6) is 0 Å². The first-order valence-corrected chi connectivity index (χ1v) is 10.9. The van der Waals surface area contributed by atoms with Gasteiger partial charge in [-0.3, -0.25) is 24.3 Å². The second kappa shape index (κ2) is 7.54. The summed E-state index contributed by atoms with van der Waals surface area (Å²) >= 11 is 3.45. The molecule has 3 aliphatic rings. The number of hydrogen-bond donors (Lipinski definition) is 0. The highest BCUT2D eigenvalue weighted by Gasteiger charge is 2.61. The maximum Gasteiger partial charge on any atom is 0.262 e. The van der Waals surface area contributed by atoms with Crippen LogP contribution in [-0.4, -0.2) is 33.8 Å². The fourth-order valence-electron chi connectivity index (χ4n) is 4.84. The smallest absolute Gasteiger partial charge is 0.262 e. The fraction of sp³-hybridized carbons (Fsp3) is 0.409. The van der Waals surface area contributed by atoms with E-state index in [-0.39, 0.29) is 23.9 Å². The molecule has 0 bridgehead atoms. The van der Waals surface area contributed by atoms with Gasteiger partial charge in [0.05, 0.1) is 11.7 Å². The minimum Gasteiger partial charge on any atom is -0.277 e. The van der Waals surface area contributed by atoms with E-state index in [9.17, 15) is 9.59 Å². The zero-order valence-electron chi connectivity index (χ0n) is 15.9. The lowest BCUT2D eigenvalue weighted by Crippen LogP contribution is -2.44. The Kier molecular flexibility index (Phi) is 4.87. The summed E-state index contributed by atoms with van der Waals surface area (Å²) in [7, 11) is 0. The molecule has 3 atom stereocenters. The van der Waals surface area contributed by atoms with Crippen molar-refractivity contribution in [3.05, 3.63) is 58.8 Å². The largest absolute Gasteiger partial charge is 0.277 e. The number of aromatic nitrogens is 1. The Labute approximate surface area is 177 Å². The van der Waals surface area contributed by atoms with Gasteiger partial charge in [-0.15, -0.1) is 0 Å². The van der Waals surface area contributed by atoms with Crippen LogP contribution >= 0.6 is 15.9 Å². The molecule has 0 unspecified atom stereocenters. The Balaban J connectivity index is 1.53. The maximum atomic E-state index is 13.5. The number of likely N-dealkylation sites (tertiary alicyclic amines) is 1. The Hall–Kier alpha value is -2.25. The Bertz CT molecular complexity index is 915. The molecular formula is C22H22BrN3O3. The zero-order valence-corrected chi connectivity index (χ0v) is 17.5. The van der Waals surface area contributed by atoms with Crippen LogP contribution in [0.1, 0.15) is 43.7 Å². The highest BCUT2D eigenvalue weighted by Crippen LogP contribution is 2.47. The van der Waals surface area contributed by atoms with Gasteiger partial charge in [0.15, 0.2) is 6.10 Å². The van der Waals surface area contributed by atoms with Crippen molar-refractivity contribution in [3.63, 3.8) is 0 Å². The molecule has 3 heterocycles. The second-order valence-electron chi connectivity index (χ2n) is 7.92. The number of hydroxylamine groups is 1. The molecule has 150 valence electrons. The van der Waals surface area contributed by atoms with Crippen LogP contribution in [0.2, 0.25) is 0 Å². The molecule has 1 saturated carbocycles. The van der Waals surface area contributed by atoms with E-state index in [1.807, 2.05) is 36.4 Å². The molecule has 5 rings (SSSR count). The Morgan fingerprint density at radius 1 is 1.00 bits per heavy atom. The van der Waals surface area contributed by atoms with Gasteiger partial charge in [-0.25, -0.2) is 5.06 Å². The summed E-state index contributed by atoms with van der Waals surface area (Å²) < 4.78 is 0.953. The molecule has 3 fully saturated rings. The van der Waals surface area contributed by atoms with E-state index in [1.54, 1.807) is 17.5 Å². The van der Waals surface area contributed by atoms with Crippen LogP contribution in [0.4, 0.5) is 5.69 Å². The summed E-state index contributed by atoms with van der Waals surface area (Å²) in [4.78, 5) is 38.6. The molecule has 7 heteroatoms. The minimum atomic E-state index is -0.779. The lowest BCUT2D eigenvalue weighted by Gasteiger charge is -2.33. The third-order valence-electron chi connectivity index (χ3n) is 6.20. The van der Waals surface area contributed by atoms with Gasteiger partial charge in [-0.1, -0.05) is 41.3 Å². The molecule has 0 spiro atoms. The highest BCUT2D eigenvalue weighted by molar-refractivity contribution is 9.10. The van der Waals surface area contributed by atoms with Crippen molar-refractivity contribution >= 4 is 33.4 Å². The standard InChI is InChI=1S/C22H22BrN3O3/c23-15-8-10-17(11-9-15)26-19(14-5-4-12-24-13-14)18-20(29-26)22(28)25(21(18)27)16-6-2-1-3-7-16/h4-5,8-13,16,18-20H,1-3,6-7H2/t18-,19-,20-/m0/s1. The summed E-state index contributed by atoms with van der Waals surface area (Å²) in [5.74, 6) is -0.863. The van der Waals surface area contributed by atoms with Crippen molar-refractivity contribution in [2.45, 2.75) is 50.3 Å². The summed E-state index contributed by atoms with van der Waals surface area (Å²) in [6.07, 6.45) is 7.77. The van der Waals surface area contributed by atoms with Crippen molar-refractivity contribution < 1.29 is 14.4 Å². The number of halogens is 1. The van der Waals surface area contributed by atoms with Crippen molar-refractivity contribution in [1.82, 2.24) is 9.88 Å². The monoisotopic (exact) mass is 455 g/mol. The number of pyridine rings is 1. The van der Waals surface area contributed by atoms with Crippen LogP contribution < -0.4 is 5.06 Å². The van der Waals surface area contributed by atoms with Crippen molar-refractivity contribution in [2.75, 3.05) is 5.06 Å². The van der Waals surface area contributed by atoms with E-state index >= 15 is 0 Å². The van der Waals surface area contributed by atoms with E-state index in [2.05, 4.69) is 20.9 Å². The third kappa shape index (κ3) is 3.16. The summed E-state index contributed by atoms with van der Waals surface area (Å²) in [5, 5.41) is 1.72. The normalized spacial score (nSPS) is 27.6. The number of amides is 2. The van der Waals surface area contributed by atoms with E-state index in [4.69, 9.17) is 4.84 Å². The van der Waals surface area contributed by atoms with E-state index in [1.165, 1.54) is 11.3 Å². The highest BCUT2D eigenvalue weighted by atomic mass is 79.9. The van der Waals surface area contributed by atoms with Crippen molar-refractivity contribution in [2.24, 2.45) is 5.92 Å². The van der Waals surface area contributed by atoms with Crippen LogP contribution in [0.3, 0.4) is 0 Å². The van der Waals surface area contributed by atoms with E-state index in [0.717, 1.165) is 41.4 Å². The number of carbonyl (C=O) groups is 2. The number of benzene rings is 1. The average Bonchev–Trinajstić information content (AvgIpc) is 3.26. The number of imide groups is 1. The number of anilines is 1. The first-order chi connectivity index (χ1) is 14.1. The van der Waals surface area contributed by atoms with E-state index < -0.39 is 12.0 Å². The summed E-state index contributed by atoms with van der Waals surface area (Å²) in [5.41, 5.74) is 1.68. The molecule has 29 heavy (non-hydrogen) atoms. The predicted octanol–water partition coefficient (Wildman–Crippen LogP) is 4.02. The minimum absolute atomic E-state index is 0.00799. The van der Waals surface area contributed by atoms with Crippen molar-refractivity contribution in [3.8, 4) is 0 Å². The maximum absolute atomic E-state index is 13.5. The number of hydrogen-bond acceptors (Lipinski definition) is 5. The van der Waals surface area contributed by atoms with Crippen LogP contribution in [-0.2, 0) is 14.4 Å². The molecular weight excluding hydrogens is 434 g/mol. The lowest BCUT2D eigenvalue weighted by molar-refractivity contribution is -0.146. The Morgan fingerprint density at radius 2 is 1.76 bits per heavy atom. The van der Waals surface area contributed by atoms with Crippen LogP contribution in [0.25, 0.3) is 0 Å². The lowest BCUT2D eigenvalue weighted by atomic mass is 9.91. The second-order valence-corrected chi connectivity index (χ2v) is 8.84. The first-order valence-electron chi connectivity index (χ1n) is 10.1. The molecule has 1 aromatic heterocycles. The molecule has 1 aliphatic carbocycles. The third-order valence-corrected chi connectivity index (χ3v) is 6.73. The first kappa shape index (κ1) is 18.8. The summed E-state index contributed by atoms with van der Waals surface area (Å²) in [6.45, 7) is 0. The Morgan fingerprint density at radius 3 is 2.45 bits per heavy atom. The number of carbonyl (C=O) groups excluding carboxylic acids is 2. The molecule has 2 aromatic rings. The molecule has 2 amide bonds. The van der Waals surface area contributed by atoms with Gasteiger partial charge >= 0.3 is 0 Å². The van der Waals surface area contributed by atoms with Gasteiger partial charge in [-0.2, -0.15) is 0 Å². The van der Waals surface area contributed by atoms with Gasteiger partial charge in [0, 0.05) is 22.9 Å². The fourth-order valence-corrected chi connectivity index (χ4v) is 5.10. The molecule has 0 radical (unpaired) electrons. The van der Waals surface area contributed by atoms with Crippen molar-refractivity contribution in [1.29, 1.82) is 0 Å². The van der Waals surface area contributed by atoms with Gasteiger partial charge in [-0.05, 0) is 48.7 Å². The molecule has 2 aliphatic heterocycles. The van der Waals surface area contributed by atoms with Gasteiger partial charge in [0.25, 0.3) is 5.91 Å². The zero-order chi connectivity index (χ0) is 20.0. The molecule has 1 aromatic carbocycles. The number of rotatable bonds is 3. The SMILES string of the molecule is O=C1[C@@H]2[C@H](ON(c3ccc(Br)cc3)[C@H]2c2cccnc2)C(=O)N1C1CCCCC1.